The fourth-order valence-corrected chi connectivity index (χ4v) is 3.95. The van der Waals surface area contributed by atoms with Crippen LogP contribution in [0.1, 0.15) is 30.0 Å². The summed E-state index contributed by atoms with van der Waals surface area (Å²) < 4.78 is 27.8. The van der Waals surface area contributed by atoms with Crippen LogP contribution in [0.15, 0.2) is 36.4 Å². The van der Waals surface area contributed by atoms with Gasteiger partial charge in [0, 0.05) is 23.7 Å². The maximum absolute atomic E-state index is 14.0. The number of amides is 3. The van der Waals surface area contributed by atoms with E-state index in [4.69, 9.17) is 17.3 Å². The van der Waals surface area contributed by atoms with Crippen molar-refractivity contribution in [1.29, 1.82) is 0 Å². The van der Waals surface area contributed by atoms with Gasteiger partial charge in [-0.05, 0) is 31.0 Å². The average molecular weight is 478 g/mol. The molecule has 0 radical (unpaired) electrons. The van der Waals surface area contributed by atoms with Crippen molar-refractivity contribution in [3.63, 3.8) is 0 Å². The van der Waals surface area contributed by atoms with Gasteiger partial charge in [-0.15, -0.1) is 0 Å². The van der Waals surface area contributed by atoms with Crippen molar-refractivity contribution in [3.05, 3.63) is 64.2 Å². The molecule has 11 heteroatoms. The Balaban J connectivity index is 1.41. The molecule has 1 fully saturated rings. The van der Waals surface area contributed by atoms with Crippen molar-refractivity contribution < 1.29 is 23.2 Å². The smallest absolute Gasteiger partial charge is 0.244 e. The lowest BCUT2D eigenvalue weighted by Gasteiger charge is -2.26. The largest absolute Gasteiger partial charge is 0.368 e. The van der Waals surface area contributed by atoms with Gasteiger partial charge < -0.3 is 16.0 Å². The number of benzene rings is 2. The monoisotopic (exact) mass is 477 g/mol. The number of nitrogens with zero attached hydrogens (tertiary/aromatic N) is 2. The zero-order valence-corrected chi connectivity index (χ0v) is 18.2. The first-order chi connectivity index (χ1) is 15.7. The molecule has 1 aliphatic heterocycles. The van der Waals surface area contributed by atoms with E-state index in [2.05, 4.69) is 10.7 Å². The molecule has 0 saturated heterocycles. The van der Waals surface area contributed by atoms with E-state index in [1.54, 1.807) is 6.07 Å². The van der Waals surface area contributed by atoms with Gasteiger partial charge in [-0.1, -0.05) is 29.8 Å². The molecule has 1 unspecified atom stereocenters. The molecule has 4 rings (SSSR count). The van der Waals surface area contributed by atoms with E-state index in [1.807, 2.05) is 0 Å². The highest BCUT2D eigenvalue weighted by Gasteiger charge is 2.37. The number of anilines is 1. The Kier molecular flexibility index (Phi) is 6.48. The number of fused-ring (bicyclic) bond motifs is 1. The molecule has 1 aliphatic carbocycles. The van der Waals surface area contributed by atoms with E-state index in [-0.39, 0.29) is 42.2 Å². The van der Waals surface area contributed by atoms with Crippen molar-refractivity contribution in [2.24, 2.45) is 5.73 Å². The first-order valence-corrected chi connectivity index (χ1v) is 10.7. The average Bonchev–Trinajstić information content (AvgIpc) is 3.55. The van der Waals surface area contributed by atoms with E-state index < -0.39 is 29.5 Å². The number of nitrogens with two attached hydrogens (primary N) is 1. The summed E-state index contributed by atoms with van der Waals surface area (Å²) >= 11 is 5.76. The Labute approximate surface area is 193 Å². The van der Waals surface area contributed by atoms with Crippen LogP contribution in [-0.4, -0.2) is 41.8 Å². The second kappa shape index (κ2) is 9.32. The van der Waals surface area contributed by atoms with E-state index in [1.165, 1.54) is 40.2 Å². The zero-order chi connectivity index (χ0) is 23.7. The van der Waals surface area contributed by atoms with Gasteiger partial charge in [0.15, 0.2) is 0 Å². The standard InChI is InChI=1S/C22H22ClF2N5O3/c23-16-3-1-2-12(20(16)25)9-27-18(31)10-29(14-5-6-14)19(32)11-30-17-8-13(24)4-7-15(17)21(28-30)22(26)33/h1-4,7-8,14,21,28H,5-6,9-11H2,(H2,26,33)(H,27,31). The topological polar surface area (TPSA) is 108 Å². The predicted octanol–water partition coefficient (Wildman–Crippen LogP) is 1.78. The molecular formula is C22H22ClF2N5O3. The Morgan fingerprint density at radius 2 is 1.97 bits per heavy atom. The molecule has 8 nitrogen and oxygen atoms in total. The molecule has 1 atom stereocenters. The molecule has 0 bridgehead atoms. The minimum Gasteiger partial charge on any atom is -0.368 e. The molecule has 3 amide bonds. The Morgan fingerprint density at radius 3 is 2.67 bits per heavy atom. The molecule has 2 aliphatic rings. The molecule has 1 saturated carbocycles. The third kappa shape index (κ3) is 5.07. The summed E-state index contributed by atoms with van der Waals surface area (Å²) in [5.41, 5.74) is 9.29. The first kappa shape index (κ1) is 22.9. The lowest BCUT2D eigenvalue weighted by molar-refractivity contribution is -0.135. The third-order valence-electron chi connectivity index (χ3n) is 5.59. The summed E-state index contributed by atoms with van der Waals surface area (Å²) in [7, 11) is 0. The van der Waals surface area contributed by atoms with E-state index in [0.29, 0.717) is 11.3 Å². The molecule has 0 spiro atoms. The summed E-state index contributed by atoms with van der Waals surface area (Å²) in [6, 6.07) is 7.39. The van der Waals surface area contributed by atoms with Crippen LogP contribution in [0.3, 0.4) is 0 Å². The van der Waals surface area contributed by atoms with Crippen LogP contribution in [0.4, 0.5) is 14.5 Å². The van der Waals surface area contributed by atoms with E-state index in [9.17, 15) is 23.2 Å². The lowest BCUT2D eigenvalue weighted by atomic mass is 10.1. The number of hydrogen-bond donors (Lipinski definition) is 3. The van der Waals surface area contributed by atoms with Crippen molar-refractivity contribution in [2.75, 3.05) is 18.1 Å². The summed E-state index contributed by atoms with van der Waals surface area (Å²) in [6.07, 6.45) is 1.51. The molecule has 33 heavy (non-hydrogen) atoms. The van der Waals surface area contributed by atoms with Gasteiger partial charge in [0.1, 0.15) is 24.2 Å². The van der Waals surface area contributed by atoms with Gasteiger partial charge in [-0.25, -0.2) is 14.2 Å². The van der Waals surface area contributed by atoms with Gasteiger partial charge in [0.25, 0.3) is 0 Å². The third-order valence-corrected chi connectivity index (χ3v) is 5.88. The van der Waals surface area contributed by atoms with Crippen LogP contribution in [0.5, 0.6) is 0 Å². The van der Waals surface area contributed by atoms with Gasteiger partial charge >= 0.3 is 0 Å². The number of halogens is 3. The zero-order valence-electron chi connectivity index (χ0n) is 17.5. The molecule has 2 aromatic rings. The van der Waals surface area contributed by atoms with E-state index in [0.717, 1.165) is 12.8 Å². The highest BCUT2D eigenvalue weighted by molar-refractivity contribution is 6.30. The van der Waals surface area contributed by atoms with Crippen LogP contribution in [0.25, 0.3) is 0 Å². The van der Waals surface area contributed by atoms with Crippen LogP contribution in [-0.2, 0) is 20.9 Å². The fourth-order valence-electron chi connectivity index (χ4n) is 3.76. The normalized spacial score (nSPS) is 16.9. The van der Waals surface area contributed by atoms with Gasteiger partial charge in [0.2, 0.25) is 17.7 Å². The number of rotatable bonds is 8. The van der Waals surface area contributed by atoms with Gasteiger partial charge in [-0.3, -0.25) is 19.4 Å². The van der Waals surface area contributed by atoms with Crippen molar-refractivity contribution in [2.45, 2.75) is 31.5 Å². The number of hydrogen-bond acceptors (Lipinski definition) is 5. The number of primary amides is 1. The van der Waals surface area contributed by atoms with Crippen LogP contribution in [0, 0.1) is 11.6 Å². The second-order valence-electron chi connectivity index (χ2n) is 8.00. The Bertz CT molecular complexity index is 1110. The first-order valence-electron chi connectivity index (χ1n) is 10.4. The maximum Gasteiger partial charge on any atom is 0.244 e. The lowest BCUT2D eigenvalue weighted by Crippen LogP contribution is -2.49. The number of nitrogens with one attached hydrogen (secondary N) is 2. The van der Waals surface area contributed by atoms with Gasteiger partial charge in [0.05, 0.1) is 17.3 Å². The molecule has 174 valence electrons. The molecule has 1 heterocycles. The predicted molar refractivity (Wildman–Crippen MR) is 117 cm³/mol. The SMILES string of the molecule is NC(=O)C1NN(CC(=O)N(CC(=O)NCc2cccc(Cl)c2F)C2CC2)c2cc(F)ccc21. The van der Waals surface area contributed by atoms with Gasteiger partial charge in [-0.2, -0.15) is 0 Å². The summed E-state index contributed by atoms with van der Waals surface area (Å²) in [5, 5.41) is 3.93. The Morgan fingerprint density at radius 1 is 1.21 bits per heavy atom. The molecule has 0 aromatic heterocycles. The molecule has 4 N–H and O–H groups in total. The fraction of sp³-hybridized carbons (Fsp3) is 0.318. The van der Waals surface area contributed by atoms with Crippen molar-refractivity contribution in [3.8, 4) is 0 Å². The summed E-state index contributed by atoms with van der Waals surface area (Å²) in [5.74, 6) is -2.63. The minimum atomic E-state index is -0.890. The summed E-state index contributed by atoms with van der Waals surface area (Å²) in [6.45, 7) is -0.514. The number of carbonyl (C=O) groups excluding carboxylic acids is 3. The molecular weight excluding hydrogens is 456 g/mol. The minimum absolute atomic E-state index is 0.0411. The van der Waals surface area contributed by atoms with Crippen molar-refractivity contribution in [1.82, 2.24) is 15.6 Å². The van der Waals surface area contributed by atoms with Crippen LogP contribution in [0.2, 0.25) is 5.02 Å². The van der Waals surface area contributed by atoms with E-state index >= 15 is 0 Å². The quantitative estimate of drug-likeness (QED) is 0.537. The highest BCUT2D eigenvalue weighted by Crippen LogP contribution is 2.34. The second-order valence-corrected chi connectivity index (χ2v) is 8.40. The highest BCUT2D eigenvalue weighted by atomic mass is 35.5. The number of hydrazine groups is 1. The summed E-state index contributed by atoms with van der Waals surface area (Å²) in [4.78, 5) is 38.7. The van der Waals surface area contributed by atoms with Crippen molar-refractivity contribution >= 4 is 35.0 Å². The number of carbonyl (C=O) groups is 3. The van der Waals surface area contributed by atoms with Crippen LogP contribution < -0.4 is 21.5 Å². The molecule has 2 aromatic carbocycles. The maximum atomic E-state index is 14.0. The van der Waals surface area contributed by atoms with Crippen LogP contribution >= 0.6 is 11.6 Å². The Hall–Kier alpha value is -3.24.